The molecule has 0 radical (unpaired) electrons. The summed E-state index contributed by atoms with van der Waals surface area (Å²) in [6.07, 6.45) is 4.23. The number of hydrogen-bond donors (Lipinski definition) is 2. The van der Waals surface area contributed by atoms with Gasteiger partial charge in [-0.15, -0.1) is 11.8 Å². The third kappa shape index (κ3) is 4.84. The highest BCUT2D eigenvalue weighted by Gasteiger charge is 2.09. The Morgan fingerprint density at radius 3 is 2.80 bits per heavy atom. The van der Waals surface area contributed by atoms with Crippen molar-refractivity contribution < 1.29 is 9.90 Å². The predicted octanol–water partition coefficient (Wildman–Crippen LogP) is 3.07. The SMILES string of the molecule is NC(=O)c1cn(C[C@@H](O)CCCSc2ccc3ccccc3c2)cn1. The van der Waals surface area contributed by atoms with Crippen LogP contribution in [-0.4, -0.2) is 32.4 Å². The second kappa shape index (κ2) is 8.18. The molecule has 1 amide bonds. The smallest absolute Gasteiger partial charge is 0.268 e. The van der Waals surface area contributed by atoms with Crippen molar-refractivity contribution in [2.75, 3.05) is 5.75 Å². The van der Waals surface area contributed by atoms with Gasteiger partial charge in [0, 0.05) is 17.6 Å². The minimum Gasteiger partial charge on any atom is -0.391 e. The second-order valence-electron chi connectivity index (χ2n) is 5.97. The zero-order chi connectivity index (χ0) is 17.6. The predicted molar refractivity (Wildman–Crippen MR) is 101 cm³/mol. The summed E-state index contributed by atoms with van der Waals surface area (Å²) < 4.78 is 1.70. The third-order valence-electron chi connectivity index (χ3n) is 3.98. The van der Waals surface area contributed by atoms with Gasteiger partial charge in [-0.2, -0.15) is 0 Å². The van der Waals surface area contributed by atoms with Crippen LogP contribution in [0.4, 0.5) is 0 Å². The van der Waals surface area contributed by atoms with Crippen molar-refractivity contribution in [1.82, 2.24) is 9.55 Å². The van der Waals surface area contributed by atoms with E-state index in [9.17, 15) is 9.90 Å². The minimum absolute atomic E-state index is 0.221. The number of amides is 1. The zero-order valence-corrected chi connectivity index (χ0v) is 14.7. The van der Waals surface area contributed by atoms with Crippen LogP contribution in [0, 0.1) is 0 Å². The summed E-state index contributed by atoms with van der Waals surface area (Å²) in [6.45, 7) is 0.418. The first-order valence-corrected chi connectivity index (χ1v) is 9.21. The van der Waals surface area contributed by atoms with Gasteiger partial charge >= 0.3 is 0 Å². The number of hydrogen-bond acceptors (Lipinski definition) is 4. The van der Waals surface area contributed by atoms with Crippen LogP contribution in [0.5, 0.6) is 0 Å². The molecule has 130 valence electrons. The van der Waals surface area contributed by atoms with Crippen LogP contribution in [0.1, 0.15) is 23.3 Å². The molecular formula is C19H21N3O2S. The molecule has 2 aromatic carbocycles. The molecule has 0 saturated heterocycles. The largest absolute Gasteiger partial charge is 0.391 e. The quantitative estimate of drug-likeness (QED) is 0.481. The number of carbonyl (C=O) groups excluding carboxylic acids is 1. The Hall–Kier alpha value is -2.31. The fourth-order valence-corrected chi connectivity index (χ4v) is 3.61. The van der Waals surface area contributed by atoms with Gasteiger partial charge in [0.15, 0.2) is 0 Å². The van der Waals surface area contributed by atoms with Crippen molar-refractivity contribution in [2.24, 2.45) is 5.73 Å². The van der Waals surface area contributed by atoms with E-state index in [4.69, 9.17) is 5.73 Å². The van der Waals surface area contributed by atoms with E-state index in [1.54, 1.807) is 22.5 Å². The zero-order valence-electron chi connectivity index (χ0n) is 13.8. The summed E-state index contributed by atoms with van der Waals surface area (Å²) >= 11 is 1.80. The molecule has 0 aliphatic heterocycles. The Morgan fingerprint density at radius 2 is 2.04 bits per heavy atom. The van der Waals surface area contributed by atoms with E-state index < -0.39 is 12.0 Å². The Balaban J connectivity index is 1.43. The number of nitrogens with zero attached hydrogens (tertiary/aromatic N) is 2. The van der Waals surface area contributed by atoms with Crippen molar-refractivity contribution in [2.45, 2.75) is 30.4 Å². The van der Waals surface area contributed by atoms with Crippen molar-refractivity contribution in [3.8, 4) is 0 Å². The number of aliphatic hydroxyl groups excluding tert-OH is 1. The number of nitrogens with two attached hydrogens (primary N) is 1. The number of thioether (sulfide) groups is 1. The summed E-state index contributed by atoms with van der Waals surface area (Å²) in [7, 11) is 0. The molecule has 0 aliphatic rings. The molecule has 6 heteroatoms. The van der Waals surface area contributed by atoms with E-state index in [2.05, 4.69) is 35.3 Å². The van der Waals surface area contributed by atoms with Gasteiger partial charge in [-0.3, -0.25) is 4.79 Å². The number of primary amides is 1. The first kappa shape index (κ1) is 17.5. The summed E-state index contributed by atoms with van der Waals surface area (Å²) in [6, 6.07) is 14.8. The Bertz CT molecular complexity index is 863. The fourth-order valence-electron chi connectivity index (χ4n) is 2.69. The Labute approximate surface area is 150 Å². The lowest BCUT2D eigenvalue weighted by atomic mass is 10.1. The molecule has 0 saturated carbocycles. The highest BCUT2D eigenvalue weighted by Crippen LogP contribution is 2.24. The van der Waals surface area contributed by atoms with E-state index in [1.807, 2.05) is 12.1 Å². The molecule has 3 aromatic rings. The van der Waals surface area contributed by atoms with Crippen LogP contribution in [-0.2, 0) is 6.54 Å². The number of carbonyl (C=O) groups is 1. The number of rotatable bonds is 8. The molecule has 1 heterocycles. The molecular weight excluding hydrogens is 334 g/mol. The van der Waals surface area contributed by atoms with Crippen LogP contribution in [0.15, 0.2) is 59.9 Å². The van der Waals surface area contributed by atoms with E-state index >= 15 is 0 Å². The standard InChI is InChI=1S/C19H21N3O2S/c20-19(24)18-12-22(13-21-18)11-16(23)6-3-9-25-17-8-7-14-4-1-2-5-15(14)10-17/h1-2,4-5,7-8,10,12-13,16,23H,3,6,9,11H2,(H2,20,24)/t16-/m0/s1. The van der Waals surface area contributed by atoms with Crippen molar-refractivity contribution in [3.05, 3.63) is 60.7 Å². The molecule has 25 heavy (non-hydrogen) atoms. The summed E-state index contributed by atoms with van der Waals surface area (Å²) in [4.78, 5) is 16.2. The lowest BCUT2D eigenvalue weighted by Crippen LogP contribution is -2.15. The molecule has 5 nitrogen and oxygen atoms in total. The molecule has 3 rings (SSSR count). The Morgan fingerprint density at radius 1 is 1.24 bits per heavy atom. The van der Waals surface area contributed by atoms with Crippen LogP contribution in [0.2, 0.25) is 0 Å². The van der Waals surface area contributed by atoms with Crippen LogP contribution >= 0.6 is 11.8 Å². The Kier molecular flexibility index (Phi) is 5.73. The highest BCUT2D eigenvalue weighted by atomic mass is 32.2. The number of imidazole rings is 1. The normalized spacial score (nSPS) is 12.4. The van der Waals surface area contributed by atoms with E-state index in [0.717, 1.165) is 12.2 Å². The molecule has 0 fully saturated rings. The molecule has 1 atom stereocenters. The van der Waals surface area contributed by atoms with Gasteiger partial charge in [-0.25, -0.2) is 4.98 Å². The van der Waals surface area contributed by atoms with E-state index in [0.29, 0.717) is 13.0 Å². The van der Waals surface area contributed by atoms with Gasteiger partial charge in [0.25, 0.3) is 5.91 Å². The fraction of sp³-hybridized carbons (Fsp3) is 0.263. The van der Waals surface area contributed by atoms with Gasteiger partial charge in [-0.1, -0.05) is 30.3 Å². The van der Waals surface area contributed by atoms with Crippen molar-refractivity contribution in [3.63, 3.8) is 0 Å². The number of benzene rings is 2. The lowest BCUT2D eigenvalue weighted by molar-refractivity contribution is 0.0995. The maximum Gasteiger partial charge on any atom is 0.268 e. The molecule has 0 aliphatic carbocycles. The van der Waals surface area contributed by atoms with Gasteiger partial charge in [0.05, 0.1) is 12.4 Å². The summed E-state index contributed by atoms with van der Waals surface area (Å²) in [5, 5.41) is 12.6. The van der Waals surface area contributed by atoms with Crippen molar-refractivity contribution >= 4 is 28.4 Å². The maximum absolute atomic E-state index is 11.0. The van der Waals surface area contributed by atoms with Gasteiger partial charge in [0.2, 0.25) is 0 Å². The number of aromatic nitrogens is 2. The first-order chi connectivity index (χ1) is 12.1. The van der Waals surface area contributed by atoms with Gasteiger partial charge in [0.1, 0.15) is 5.69 Å². The van der Waals surface area contributed by atoms with Gasteiger partial charge in [-0.05, 0) is 41.5 Å². The molecule has 3 N–H and O–H groups in total. The first-order valence-electron chi connectivity index (χ1n) is 8.23. The summed E-state index contributed by atoms with van der Waals surface area (Å²) in [5.74, 6) is 0.395. The van der Waals surface area contributed by atoms with Crippen LogP contribution in [0.3, 0.4) is 0 Å². The van der Waals surface area contributed by atoms with Crippen LogP contribution in [0.25, 0.3) is 10.8 Å². The number of fused-ring (bicyclic) bond motifs is 1. The van der Waals surface area contributed by atoms with E-state index in [-0.39, 0.29) is 5.69 Å². The van der Waals surface area contributed by atoms with E-state index in [1.165, 1.54) is 22.0 Å². The highest BCUT2D eigenvalue weighted by molar-refractivity contribution is 7.99. The second-order valence-corrected chi connectivity index (χ2v) is 7.14. The minimum atomic E-state index is -0.556. The van der Waals surface area contributed by atoms with Crippen molar-refractivity contribution in [1.29, 1.82) is 0 Å². The average molecular weight is 355 g/mol. The molecule has 0 bridgehead atoms. The maximum atomic E-state index is 11.0. The number of aliphatic hydroxyl groups is 1. The monoisotopic (exact) mass is 355 g/mol. The summed E-state index contributed by atoms with van der Waals surface area (Å²) in [5.41, 5.74) is 5.39. The van der Waals surface area contributed by atoms with Crippen LogP contribution < -0.4 is 5.73 Å². The average Bonchev–Trinajstić information content (AvgIpc) is 3.07. The molecule has 1 aromatic heterocycles. The molecule has 0 unspecified atom stereocenters. The van der Waals surface area contributed by atoms with Gasteiger partial charge < -0.3 is 15.4 Å². The lowest BCUT2D eigenvalue weighted by Gasteiger charge is -2.11. The third-order valence-corrected chi connectivity index (χ3v) is 5.06. The topological polar surface area (TPSA) is 81.1 Å². The molecule has 0 spiro atoms.